The summed E-state index contributed by atoms with van der Waals surface area (Å²) in [4.78, 5) is 15.4. The van der Waals surface area contributed by atoms with Gasteiger partial charge in [-0.3, -0.25) is 10.1 Å². The van der Waals surface area contributed by atoms with E-state index in [1.807, 2.05) is 30.3 Å². The number of hydrogen-bond acceptors (Lipinski definition) is 9. The summed E-state index contributed by atoms with van der Waals surface area (Å²) in [6.45, 7) is 0.648. The number of ether oxygens (including phenoxy) is 2. The third kappa shape index (κ3) is 3.67. The van der Waals surface area contributed by atoms with Crippen LogP contribution in [0.3, 0.4) is 0 Å². The van der Waals surface area contributed by atoms with E-state index in [-0.39, 0.29) is 17.2 Å². The first-order valence-electron chi connectivity index (χ1n) is 11.1. The van der Waals surface area contributed by atoms with Crippen molar-refractivity contribution in [2.45, 2.75) is 12.5 Å². The molecule has 0 radical (unpaired) electrons. The zero-order chi connectivity index (χ0) is 24.7. The van der Waals surface area contributed by atoms with Gasteiger partial charge >= 0.3 is 5.69 Å². The maximum atomic E-state index is 11.9. The number of aromatic nitrogens is 2. The largest absolute Gasteiger partial charge is 0.493 e. The summed E-state index contributed by atoms with van der Waals surface area (Å²) in [5.74, 6) is 1.32. The number of nitro benzene ring substituents is 1. The monoisotopic (exact) mass is 475 g/mol. The van der Waals surface area contributed by atoms with Crippen molar-refractivity contribution in [2.75, 3.05) is 44.7 Å². The number of hydrogen-bond donors (Lipinski definition) is 0. The minimum absolute atomic E-state index is 0.126. The predicted octanol–water partition coefficient (Wildman–Crippen LogP) is 4.37. The van der Waals surface area contributed by atoms with Crippen LogP contribution in [0, 0.1) is 10.1 Å². The van der Waals surface area contributed by atoms with Gasteiger partial charge in [-0.05, 0) is 51.6 Å². The Labute approximate surface area is 201 Å². The molecule has 0 saturated carbocycles. The second-order valence-corrected chi connectivity index (χ2v) is 8.54. The van der Waals surface area contributed by atoms with Crippen molar-refractivity contribution in [2.24, 2.45) is 0 Å². The molecule has 1 unspecified atom stereocenters. The first kappa shape index (κ1) is 22.5. The summed E-state index contributed by atoms with van der Waals surface area (Å²) in [6, 6.07) is 15.7. The number of anilines is 2. The Morgan fingerprint density at radius 2 is 1.74 bits per heavy atom. The lowest BCUT2D eigenvalue weighted by Gasteiger charge is -2.40. The van der Waals surface area contributed by atoms with Crippen molar-refractivity contribution >= 4 is 28.1 Å². The van der Waals surface area contributed by atoms with Gasteiger partial charge in [-0.15, -0.1) is 0 Å². The normalized spacial score (nSPS) is 15.1. The molecule has 0 fully saturated rings. The maximum absolute atomic E-state index is 11.9. The molecule has 180 valence electrons. The van der Waals surface area contributed by atoms with Crippen molar-refractivity contribution in [3.63, 3.8) is 0 Å². The lowest BCUT2D eigenvalue weighted by Crippen LogP contribution is -2.36. The molecule has 10 nitrogen and oxygen atoms in total. The van der Waals surface area contributed by atoms with Crippen LogP contribution in [0.4, 0.5) is 17.1 Å². The fourth-order valence-electron chi connectivity index (χ4n) is 4.84. The van der Waals surface area contributed by atoms with E-state index in [1.54, 1.807) is 39.3 Å². The molecule has 35 heavy (non-hydrogen) atoms. The van der Waals surface area contributed by atoms with E-state index in [0.717, 1.165) is 23.1 Å². The van der Waals surface area contributed by atoms with Crippen LogP contribution in [0.15, 0.2) is 53.2 Å². The van der Waals surface area contributed by atoms with Crippen molar-refractivity contribution in [3.8, 4) is 11.5 Å². The van der Waals surface area contributed by atoms with Gasteiger partial charge in [-0.25, -0.2) is 4.63 Å². The summed E-state index contributed by atoms with van der Waals surface area (Å²) in [6.07, 6.45) is 0.736. The SMILES string of the molecule is COc1cc2c(cc1OC)C(c1ccccc1)N(c1cc(N(C)C)c([N+](=O)[O-])c3nonc13)CC2. The van der Waals surface area contributed by atoms with Gasteiger partial charge in [-0.1, -0.05) is 30.3 Å². The summed E-state index contributed by atoms with van der Waals surface area (Å²) >= 11 is 0. The highest BCUT2D eigenvalue weighted by Crippen LogP contribution is 2.46. The fourth-order valence-corrected chi connectivity index (χ4v) is 4.84. The van der Waals surface area contributed by atoms with Gasteiger partial charge in [0, 0.05) is 20.6 Å². The molecule has 1 aromatic heterocycles. The van der Waals surface area contributed by atoms with Gasteiger partial charge in [0.25, 0.3) is 0 Å². The summed E-state index contributed by atoms with van der Waals surface area (Å²) in [5.41, 5.74) is 4.77. The molecule has 1 atom stereocenters. The van der Waals surface area contributed by atoms with Gasteiger partial charge in [0.05, 0.1) is 30.9 Å². The Hall–Kier alpha value is -4.34. The third-order valence-corrected chi connectivity index (χ3v) is 6.43. The quantitative estimate of drug-likeness (QED) is 0.297. The van der Waals surface area contributed by atoms with E-state index >= 15 is 0 Å². The predicted molar refractivity (Wildman–Crippen MR) is 132 cm³/mol. The lowest BCUT2D eigenvalue weighted by molar-refractivity contribution is -0.382. The van der Waals surface area contributed by atoms with E-state index in [2.05, 4.69) is 27.3 Å². The second-order valence-electron chi connectivity index (χ2n) is 8.54. The Morgan fingerprint density at radius 3 is 2.40 bits per heavy atom. The second kappa shape index (κ2) is 8.79. The number of nitro groups is 1. The van der Waals surface area contributed by atoms with Crippen LogP contribution in [-0.4, -0.2) is 50.1 Å². The van der Waals surface area contributed by atoms with Gasteiger partial charge in [0.2, 0.25) is 5.52 Å². The summed E-state index contributed by atoms with van der Waals surface area (Å²) < 4.78 is 16.2. The first-order valence-corrected chi connectivity index (χ1v) is 11.1. The van der Waals surface area contributed by atoms with Crippen LogP contribution in [0.25, 0.3) is 11.0 Å². The standard InChI is InChI=1S/C25H25N5O5/c1-28(2)19-14-18(22-23(27-35-26-22)25(19)30(31)32)29-11-10-16-12-20(33-3)21(34-4)13-17(16)24(29)15-8-6-5-7-9-15/h5-9,12-14,24H,10-11H2,1-4H3. The molecule has 0 N–H and O–H groups in total. The molecule has 1 aliphatic rings. The van der Waals surface area contributed by atoms with E-state index in [4.69, 9.17) is 14.1 Å². The molecule has 0 saturated heterocycles. The maximum Gasteiger partial charge on any atom is 0.323 e. The van der Waals surface area contributed by atoms with E-state index in [1.165, 1.54) is 0 Å². The molecular formula is C25H25N5O5. The van der Waals surface area contributed by atoms with E-state index in [9.17, 15) is 10.1 Å². The van der Waals surface area contributed by atoms with Gasteiger partial charge < -0.3 is 19.3 Å². The average molecular weight is 476 g/mol. The Balaban J connectivity index is 1.77. The van der Waals surface area contributed by atoms with Gasteiger partial charge in [0.1, 0.15) is 5.69 Å². The number of fused-ring (bicyclic) bond motifs is 2. The minimum Gasteiger partial charge on any atom is -0.493 e. The van der Waals surface area contributed by atoms with Crippen molar-refractivity contribution < 1.29 is 19.0 Å². The highest BCUT2D eigenvalue weighted by atomic mass is 16.6. The molecule has 0 amide bonds. The first-order chi connectivity index (χ1) is 16.9. The minimum atomic E-state index is -0.441. The highest BCUT2D eigenvalue weighted by molar-refractivity contribution is 6.00. The third-order valence-electron chi connectivity index (χ3n) is 6.43. The van der Waals surface area contributed by atoms with E-state index in [0.29, 0.717) is 34.9 Å². The average Bonchev–Trinajstić information content (AvgIpc) is 3.36. The topological polar surface area (TPSA) is 107 Å². The molecule has 5 rings (SSSR count). The fraction of sp³-hybridized carbons (Fsp3) is 0.280. The van der Waals surface area contributed by atoms with Crippen molar-refractivity contribution in [1.29, 1.82) is 0 Å². The molecule has 3 aromatic carbocycles. The Morgan fingerprint density at radius 1 is 1.06 bits per heavy atom. The highest BCUT2D eigenvalue weighted by Gasteiger charge is 2.35. The number of nitrogens with zero attached hydrogens (tertiary/aromatic N) is 5. The molecule has 10 heteroatoms. The van der Waals surface area contributed by atoms with Gasteiger partial charge in [0.15, 0.2) is 17.0 Å². The van der Waals surface area contributed by atoms with Crippen molar-refractivity contribution in [1.82, 2.24) is 10.3 Å². The molecule has 2 heterocycles. The van der Waals surface area contributed by atoms with Crippen LogP contribution in [0.5, 0.6) is 11.5 Å². The molecule has 0 spiro atoms. The lowest BCUT2D eigenvalue weighted by atomic mass is 9.87. The van der Waals surface area contributed by atoms with Gasteiger partial charge in [-0.2, -0.15) is 0 Å². The van der Waals surface area contributed by atoms with Crippen LogP contribution in [0.1, 0.15) is 22.7 Å². The molecule has 4 aromatic rings. The number of rotatable bonds is 6. The Bertz CT molecular complexity index is 1400. The number of benzene rings is 3. The summed E-state index contributed by atoms with van der Waals surface area (Å²) in [5, 5.41) is 19.9. The van der Waals surface area contributed by atoms with Crippen LogP contribution >= 0.6 is 0 Å². The molecule has 0 aliphatic carbocycles. The number of methoxy groups -OCH3 is 2. The summed E-state index contributed by atoms with van der Waals surface area (Å²) in [7, 11) is 6.78. The zero-order valence-corrected chi connectivity index (χ0v) is 19.9. The zero-order valence-electron chi connectivity index (χ0n) is 19.9. The molecule has 1 aliphatic heterocycles. The van der Waals surface area contributed by atoms with Crippen molar-refractivity contribution in [3.05, 3.63) is 75.3 Å². The Kier molecular flexibility index (Phi) is 5.64. The molecular weight excluding hydrogens is 450 g/mol. The van der Waals surface area contributed by atoms with Crippen LogP contribution < -0.4 is 19.3 Å². The smallest absolute Gasteiger partial charge is 0.323 e. The molecule has 0 bridgehead atoms. The van der Waals surface area contributed by atoms with Crippen LogP contribution in [0.2, 0.25) is 0 Å². The van der Waals surface area contributed by atoms with E-state index < -0.39 is 4.92 Å². The van der Waals surface area contributed by atoms with Crippen LogP contribution in [-0.2, 0) is 6.42 Å².